The molecule has 5 nitrogen and oxygen atoms in total. The summed E-state index contributed by atoms with van der Waals surface area (Å²) in [6.07, 6.45) is 4.95. The number of nitrogens with one attached hydrogen (secondary N) is 2. The minimum atomic E-state index is 0.614. The third kappa shape index (κ3) is 5.91. The molecule has 0 saturated carbocycles. The van der Waals surface area contributed by atoms with Gasteiger partial charge in [0.2, 0.25) is 0 Å². The van der Waals surface area contributed by atoms with Crippen LogP contribution in [0.15, 0.2) is 16.6 Å². The molecule has 2 aromatic heterocycles. The van der Waals surface area contributed by atoms with Crippen molar-refractivity contribution < 1.29 is 0 Å². The molecule has 0 unspecified atom stereocenters. The maximum atomic E-state index is 4.61. The van der Waals surface area contributed by atoms with Crippen LogP contribution in [-0.2, 0) is 25.8 Å². The van der Waals surface area contributed by atoms with Crippen LogP contribution in [-0.4, -0.2) is 29.0 Å². The number of aryl methyl sites for hydroxylation is 2. The van der Waals surface area contributed by atoms with E-state index in [2.05, 4.69) is 51.7 Å². The molecule has 0 aliphatic rings. The molecule has 2 N–H and O–H groups in total. The summed E-state index contributed by atoms with van der Waals surface area (Å²) in [6.45, 7) is 8.65. The van der Waals surface area contributed by atoms with E-state index >= 15 is 0 Å². The summed E-state index contributed by atoms with van der Waals surface area (Å²) in [6, 6.07) is 0. The topological polar surface area (TPSA) is 62.2 Å². The molecule has 126 valence electrons. The summed E-state index contributed by atoms with van der Waals surface area (Å²) >= 11 is 3.50. The van der Waals surface area contributed by atoms with Crippen molar-refractivity contribution in [2.75, 3.05) is 13.1 Å². The lowest BCUT2D eigenvalue weighted by molar-refractivity contribution is 0.794. The van der Waals surface area contributed by atoms with Crippen molar-refractivity contribution in [1.82, 2.24) is 20.6 Å². The highest BCUT2D eigenvalue weighted by Gasteiger charge is 2.03. The molecule has 0 radical (unpaired) electrons. The summed E-state index contributed by atoms with van der Waals surface area (Å²) in [5.41, 5.74) is 1.04. The Bertz CT molecular complexity index is 618. The molecule has 0 aromatic carbocycles. The zero-order valence-corrected chi connectivity index (χ0v) is 15.7. The number of hydrogen-bond acceptors (Lipinski definition) is 5. The SMILES string of the molecule is CCNC(=NCc1csc(CC)n1)NCCc1ncc(CC)s1. The van der Waals surface area contributed by atoms with E-state index in [4.69, 9.17) is 0 Å². The molecular formula is C16H25N5S2. The second-order valence-electron chi connectivity index (χ2n) is 5.03. The molecule has 0 bridgehead atoms. The predicted molar refractivity (Wildman–Crippen MR) is 99.5 cm³/mol. The number of guanidine groups is 1. The van der Waals surface area contributed by atoms with Gasteiger partial charge in [0.05, 0.1) is 22.3 Å². The van der Waals surface area contributed by atoms with Crippen LogP contribution >= 0.6 is 22.7 Å². The summed E-state index contributed by atoms with van der Waals surface area (Å²) in [4.78, 5) is 14.9. The second kappa shape index (κ2) is 9.62. The molecule has 23 heavy (non-hydrogen) atoms. The fraction of sp³-hybridized carbons (Fsp3) is 0.562. The van der Waals surface area contributed by atoms with Gasteiger partial charge in [0.15, 0.2) is 5.96 Å². The standard InChI is InChI=1S/C16H25N5S2/c1-4-13-10-19-15(23-13)7-8-18-16(17-6-3)20-9-12-11-22-14(5-2)21-12/h10-11H,4-9H2,1-3H3,(H2,17,18,20). The van der Waals surface area contributed by atoms with E-state index in [-0.39, 0.29) is 0 Å². The van der Waals surface area contributed by atoms with Gasteiger partial charge in [-0.2, -0.15) is 0 Å². The van der Waals surface area contributed by atoms with E-state index < -0.39 is 0 Å². The molecule has 0 atom stereocenters. The van der Waals surface area contributed by atoms with Gasteiger partial charge in [0.1, 0.15) is 0 Å². The first-order valence-corrected chi connectivity index (χ1v) is 9.83. The zero-order chi connectivity index (χ0) is 16.5. The Morgan fingerprint density at radius 1 is 1.17 bits per heavy atom. The average molecular weight is 352 g/mol. The fourth-order valence-electron chi connectivity index (χ4n) is 2.00. The summed E-state index contributed by atoms with van der Waals surface area (Å²) in [7, 11) is 0. The summed E-state index contributed by atoms with van der Waals surface area (Å²) < 4.78 is 0. The number of hydrogen-bond donors (Lipinski definition) is 2. The first-order valence-electron chi connectivity index (χ1n) is 8.14. The minimum Gasteiger partial charge on any atom is -0.357 e. The van der Waals surface area contributed by atoms with Crippen LogP contribution in [0.25, 0.3) is 0 Å². The minimum absolute atomic E-state index is 0.614. The van der Waals surface area contributed by atoms with Crippen molar-refractivity contribution in [1.29, 1.82) is 0 Å². The molecule has 0 fully saturated rings. The maximum Gasteiger partial charge on any atom is 0.191 e. The number of nitrogens with zero attached hydrogens (tertiary/aromatic N) is 3. The van der Waals surface area contributed by atoms with Crippen LogP contribution in [0.1, 0.15) is 41.4 Å². The molecule has 2 aromatic rings. The highest BCUT2D eigenvalue weighted by molar-refractivity contribution is 7.11. The Kier molecular flexibility index (Phi) is 7.48. The molecule has 0 aliphatic heterocycles. The Labute approximate surface area is 146 Å². The van der Waals surface area contributed by atoms with Crippen LogP contribution in [0.4, 0.5) is 0 Å². The largest absolute Gasteiger partial charge is 0.357 e. The van der Waals surface area contributed by atoms with Gasteiger partial charge in [-0.25, -0.2) is 15.0 Å². The molecule has 2 heterocycles. The normalized spacial score (nSPS) is 11.7. The Morgan fingerprint density at radius 3 is 2.70 bits per heavy atom. The molecule has 0 spiro atoms. The lowest BCUT2D eigenvalue weighted by atomic mass is 10.4. The quantitative estimate of drug-likeness (QED) is 0.567. The van der Waals surface area contributed by atoms with Crippen molar-refractivity contribution in [3.63, 3.8) is 0 Å². The van der Waals surface area contributed by atoms with Crippen molar-refractivity contribution in [3.8, 4) is 0 Å². The van der Waals surface area contributed by atoms with Crippen LogP contribution < -0.4 is 10.6 Å². The summed E-state index contributed by atoms with van der Waals surface area (Å²) in [5, 5.41) is 11.1. The van der Waals surface area contributed by atoms with Crippen LogP contribution in [0, 0.1) is 0 Å². The highest BCUT2D eigenvalue weighted by Crippen LogP contribution is 2.13. The van der Waals surface area contributed by atoms with E-state index in [1.54, 1.807) is 22.7 Å². The molecule has 2 rings (SSSR count). The Balaban J connectivity index is 1.83. The number of aliphatic imine (C=N–C) groups is 1. The van der Waals surface area contributed by atoms with Gasteiger partial charge >= 0.3 is 0 Å². The molecule has 7 heteroatoms. The molecular weight excluding hydrogens is 326 g/mol. The zero-order valence-electron chi connectivity index (χ0n) is 14.1. The Hall–Kier alpha value is -1.47. The first-order chi connectivity index (χ1) is 11.2. The average Bonchev–Trinajstić information content (AvgIpc) is 3.21. The van der Waals surface area contributed by atoms with Gasteiger partial charge in [-0.1, -0.05) is 13.8 Å². The third-order valence-corrected chi connectivity index (χ3v) is 5.47. The molecule has 0 aliphatic carbocycles. The highest BCUT2D eigenvalue weighted by atomic mass is 32.1. The summed E-state index contributed by atoms with van der Waals surface area (Å²) in [5.74, 6) is 0.839. The fourth-order valence-corrected chi connectivity index (χ4v) is 3.60. The van der Waals surface area contributed by atoms with E-state index in [1.807, 2.05) is 6.20 Å². The van der Waals surface area contributed by atoms with E-state index in [1.165, 1.54) is 14.9 Å². The van der Waals surface area contributed by atoms with Crippen LogP contribution in [0.5, 0.6) is 0 Å². The van der Waals surface area contributed by atoms with Gasteiger partial charge in [0.25, 0.3) is 0 Å². The molecule has 0 saturated heterocycles. The number of aromatic nitrogens is 2. The van der Waals surface area contributed by atoms with Gasteiger partial charge < -0.3 is 10.6 Å². The van der Waals surface area contributed by atoms with Crippen molar-refractivity contribution >= 4 is 28.6 Å². The molecule has 0 amide bonds. The maximum absolute atomic E-state index is 4.61. The van der Waals surface area contributed by atoms with Gasteiger partial charge in [0, 0.05) is 36.0 Å². The van der Waals surface area contributed by atoms with Crippen LogP contribution in [0.3, 0.4) is 0 Å². The lowest BCUT2D eigenvalue weighted by Crippen LogP contribution is -2.38. The second-order valence-corrected chi connectivity index (χ2v) is 7.17. The number of thiazole rings is 2. The lowest BCUT2D eigenvalue weighted by Gasteiger charge is -2.10. The van der Waals surface area contributed by atoms with Gasteiger partial charge in [-0.15, -0.1) is 22.7 Å². The predicted octanol–water partition coefficient (Wildman–Crippen LogP) is 3.02. The number of rotatable bonds is 8. The van der Waals surface area contributed by atoms with Gasteiger partial charge in [-0.3, -0.25) is 0 Å². The smallest absolute Gasteiger partial charge is 0.191 e. The van der Waals surface area contributed by atoms with Crippen LogP contribution in [0.2, 0.25) is 0 Å². The van der Waals surface area contributed by atoms with Gasteiger partial charge in [-0.05, 0) is 19.8 Å². The Morgan fingerprint density at radius 2 is 2.04 bits per heavy atom. The first kappa shape index (κ1) is 17.9. The van der Waals surface area contributed by atoms with E-state index in [0.717, 1.165) is 44.0 Å². The van der Waals surface area contributed by atoms with Crippen molar-refractivity contribution in [2.45, 2.75) is 46.6 Å². The monoisotopic (exact) mass is 351 g/mol. The van der Waals surface area contributed by atoms with E-state index in [0.29, 0.717) is 6.54 Å². The third-order valence-electron chi connectivity index (χ3n) is 3.23. The van der Waals surface area contributed by atoms with Crippen molar-refractivity contribution in [3.05, 3.63) is 32.2 Å². The van der Waals surface area contributed by atoms with Crippen molar-refractivity contribution in [2.24, 2.45) is 4.99 Å². The van der Waals surface area contributed by atoms with E-state index in [9.17, 15) is 0 Å².